The Balaban J connectivity index is 1.44. The number of nitrogens with zero attached hydrogens (tertiary/aromatic N) is 2. The zero-order chi connectivity index (χ0) is 27.3. The predicted octanol–water partition coefficient (Wildman–Crippen LogP) is 2.18. The second-order valence-corrected chi connectivity index (χ2v) is 11.0. The molecule has 1 atom stereocenters. The predicted molar refractivity (Wildman–Crippen MR) is 138 cm³/mol. The fourth-order valence-electron chi connectivity index (χ4n) is 4.02. The SMILES string of the molecule is Cc1ccc(S(=O)(=O)[C@H](NC(=O)c2ccco2)C(=O)N2CCN(C(=O)COc3cccc(C)c3)CC2)cc1. The van der Waals surface area contributed by atoms with Crippen LogP contribution in [0.25, 0.3) is 0 Å². The van der Waals surface area contributed by atoms with Gasteiger partial charge in [-0.1, -0.05) is 29.8 Å². The van der Waals surface area contributed by atoms with Crippen molar-refractivity contribution in [2.75, 3.05) is 32.8 Å². The number of piperazine rings is 1. The molecule has 4 rings (SSSR count). The normalized spacial score (nSPS) is 14.6. The van der Waals surface area contributed by atoms with Crippen molar-refractivity contribution in [2.45, 2.75) is 24.1 Å². The number of hydrogen-bond acceptors (Lipinski definition) is 7. The first-order chi connectivity index (χ1) is 18.1. The van der Waals surface area contributed by atoms with Crippen LogP contribution in [-0.4, -0.2) is 74.1 Å². The van der Waals surface area contributed by atoms with E-state index in [1.54, 1.807) is 23.1 Å². The van der Waals surface area contributed by atoms with E-state index in [4.69, 9.17) is 9.15 Å². The number of carbonyl (C=O) groups excluding carboxylic acids is 3. The summed E-state index contributed by atoms with van der Waals surface area (Å²) in [6, 6.07) is 16.2. The lowest BCUT2D eigenvalue weighted by molar-refractivity contribution is -0.140. The minimum absolute atomic E-state index is 0.0942. The minimum Gasteiger partial charge on any atom is -0.484 e. The largest absolute Gasteiger partial charge is 0.484 e. The molecule has 0 radical (unpaired) electrons. The summed E-state index contributed by atoms with van der Waals surface area (Å²) in [5.41, 5.74) is 1.86. The molecule has 1 N–H and O–H groups in total. The summed E-state index contributed by atoms with van der Waals surface area (Å²) in [5.74, 6) is -1.39. The van der Waals surface area contributed by atoms with Crippen LogP contribution in [-0.2, 0) is 19.4 Å². The quantitative estimate of drug-likeness (QED) is 0.465. The first-order valence-electron chi connectivity index (χ1n) is 12.1. The highest BCUT2D eigenvalue weighted by molar-refractivity contribution is 7.92. The van der Waals surface area contributed by atoms with Crippen LogP contribution >= 0.6 is 0 Å². The zero-order valence-electron chi connectivity index (χ0n) is 21.1. The summed E-state index contributed by atoms with van der Waals surface area (Å²) in [7, 11) is -4.29. The van der Waals surface area contributed by atoms with Crippen molar-refractivity contribution >= 4 is 27.6 Å². The highest BCUT2D eigenvalue weighted by Gasteiger charge is 2.40. The summed E-state index contributed by atoms with van der Waals surface area (Å²) in [5, 5.41) is 0.468. The number of rotatable bonds is 8. The molecule has 2 aromatic carbocycles. The lowest BCUT2D eigenvalue weighted by Crippen LogP contribution is -2.58. The van der Waals surface area contributed by atoms with Crippen molar-refractivity contribution in [1.82, 2.24) is 15.1 Å². The molecular weight excluding hydrogens is 510 g/mol. The molecule has 38 heavy (non-hydrogen) atoms. The molecule has 200 valence electrons. The van der Waals surface area contributed by atoms with E-state index < -0.39 is 27.0 Å². The van der Waals surface area contributed by atoms with Gasteiger partial charge >= 0.3 is 0 Å². The molecule has 0 bridgehead atoms. The van der Waals surface area contributed by atoms with E-state index in [1.807, 2.05) is 32.0 Å². The Morgan fingerprint density at radius 1 is 0.921 bits per heavy atom. The second-order valence-electron chi connectivity index (χ2n) is 9.00. The third-order valence-corrected chi connectivity index (χ3v) is 8.06. The van der Waals surface area contributed by atoms with Crippen LogP contribution in [0.15, 0.2) is 76.2 Å². The van der Waals surface area contributed by atoms with Gasteiger partial charge < -0.3 is 24.3 Å². The van der Waals surface area contributed by atoms with E-state index in [2.05, 4.69) is 5.32 Å². The van der Waals surface area contributed by atoms with E-state index in [0.29, 0.717) is 5.75 Å². The minimum atomic E-state index is -4.29. The van der Waals surface area contributed by atoms with Gasteiger partial charge in [0.15, 0.2) is 12.4 Å². The Morgan fingerprint density at radius 3 is 2.24 bits per heavy atom. The topological polar surface area (TPSA) is 126 Å². The molecule has 10 nitrogen and oxygen atoms in total. The molecule has 1 fully saturated rings. The van der Waals surface area contributed by atoms with E-state index in [0.717, 1.165) is 11.1 Å². The van der Waals surface area contributed by atoms with Gasteiger partial charge in [-0.2, -0.15) is 0 Å². The van der Waals surface area contributed by atoms with Gasteiger partial charge in [0, 0.05) is 26.2 Å². The highest BCUT2D eigenvalue weighted by Crippen LogP contribution is 2.19. The molecule has 0 unspecified atom stereocenters. The molecule has 0 aliphatic carbocycles. The van der Waals surface area contributed by atoms with Crippen LogP contribution in [0.4, 0.5) is 0 Å². The van der Waals surface area contributed by atoms with E-state index in [-0.39, 0.29) is 49.3 Å². The molecule has 1 aliphatic heterocycles. The van der Waals surface area contributed by atoms with Crippen LogP contribution in [0.1, 0.15) is 21.7 Å². The lowest BCUT2D eigenvalue weighted by atomic mass is 10.2. The van der Waals surface area contributed by atoms with Gasteiger partial charge in [-0.15, -0.1) is 0 Å². The van der Waals surface area contributed by atoms with Crippen molar-refractivity contribution in [2.24, 2.45) is 0 Å². The highest BCUT2D eigenvalue weighted by atomic mass is 32.2. The summed E-state index contributed by atoms with van der Waals surface area (Å²) >= 11 is 0. The fraction of sp³-hybridized carbons (Fsp3) is 0.296. The van der Waals surface area contributed by atoms with E-state index in [9.17, 15) is 22.8 Å². The Kier molecular flexibility index (Phi) is 8.16. The molecule has 2 heterocycles. The summed E-state index contributed by atoms with van der Waals surface area (Å²) in [4.78, 5) is 41.6. The molecule has 3 amide bonds. The number of sulfone groups is 1. The number of amides is 3. The van der Waals surface area contributed by atoms with Crippen molar-refractivity contribution in [3.8, 4) is 5.75 Å². The van der Waals surface area contributed by atoms with Crippen LogP contribution in [0.5, 0.6) is 5.75 Å². The monoisotopic (exact) mass is 539 g/mol. The number of hydrogen-bond donors (Lipinski definition) is 1. The fourth-order valence-corrected chi connectivity index (χ4v) is 5.48. The standard InChI is InChI=1S/C27H29N3O7S/c1-19-8-10-22(11-9-19)38(34,35)26(28-25(32)23-7-4-16-36-23)27(33)30-14-12-29(13-15-30)24(31)18-37-21-6-3-5-20(2)17-21/h3-11,16-17,26H,12-15,18H2,1-2H3,(H,28,32)/t26-/m0/s1. The average Bonchev–Trinajstić information content (AvgIpc) is 3.45. The lowest BCUT2D eigenvalue weighted by Gasteiger charge is -2.36. The third kappa shape index (κ3) is 6.23. The van der Waals surface area contributed by atoms with Crippen LogP contribution in [0.2, 0.25) is 0 Å². The summed E-state index contributed by atoms with van der Waals surface area (Å²) < 4.78 is 37.6. The van der Waals surface area contributed by atoms with Crippen molar-refractivity contribution in [3.05, 3.63) is 83.8 Å². The number of furan rings is 1. The van der Waals surface area contributed by atoms with Gasteiger partial charge in [0.2, 0.25) is 15.2 Å². The second kappa shape index (κ2) is 11.5. The van der Waals surface area contributed by atoms with Gasteiger partial charge in [-0.05, 0) is 55.8 Å². The van der Waals surface area contributed by atoms with Crippen molar-refractivity contribution < 1.29 is 32.0 Å². The third-order valence-electron chi connectivity index (χ3n) is 6.19. The molecule has 1 aliphatic rings. The maximum absolute atomic E-state index is 13.5. The van der Waals surface area contributed by atoms with Gasteiger partial charge in [0.25, 0.3) is 17.7 Å². The van der Waals surface area contributed by atoms with Gasteiger partial charge in [0.1, 0.15) is 5.75 Å². The van der Waals surface area contributed by atoms with Crippen molar-refractivity contribution in [3.63, 3.8) is 0 Å². The van der Waals surface area contributed by atoms with Crippen LogP contribution in [0.3, 0.4) is 0 Å². The first-order valence-corrected chi connectivity index (χ1v) is 13.6. The van der Waals surface area contributed by atoms with Crippen LogP contribution < -0.4 is 10.1 Å². The van der Waals surface area contributed by atoms with Gasteiger partial charge in [-0.3, -0.25) is 14.4 Å². The number of carbonyl (C=O) groups is 3. The molecule has 1 aromatic heterocycles. The van der Waals surface area contributed by atoms with E-state index >= 15 is 0 Å². The number of nitrogens with one attached hydrogen (secondary N) is 1. The molecule has 1 saturated heterocycles. The van der Waals surface area contributed by atoms with Crippen molar-refractivity contribution in [1.29, 1.82) is 0 Å². The number of ether oxygens (including phenoxy) is 1. The van der Waals surface area contributed by atoms with E-state index in [1.165, 1.54) is 35.4 Å². The maximum atomic E-state index is 13.5. The molecule has 3 aromatic rings. The summed E-state index contributed by atoms with van der Waals surface area (Å²) in [6.45, 7) is 4.19. The smallest absolute Gasteiger partial charge is 0.288 e. The summed E-state index contributed by atoms with van der Waals surface area (Å²) in [6.07, 6.45) is 1.28. The zero-order valence-corrected chi connectivity index (χ0v) is 21.9. The maximum Gasteiger partial charge on any atom is 0.288 e. The van der Waals surface area contributed by atoms with Gasteiger partial charge in [0.05, 0.1) is 11.2 Å². The molecular formula is C27H29N3O7S. The van der Waals surface area contributed by atoms with Gasteiger partial charge in [-0.25, -0.2) is 8.42 Å². The molecule has 11 heteroatoms. The Hall–Kier alpha value is -4.12. The first kappa shape index (κ1) is 26.9. The molecule has 0 saturated carbocycles. The average molecular weight is 540 g/mol. The Morgan fingerprint density at radius 2 is 1.61 bits per heavy atom. The number of aryl methyl sites for hydroxylation is 2. The molecule has 0 spiro atoms. The van der Waals surface area contributed by atoms with Crippen LogP contribution in [0, 0.1) is 13.8 Å². The Labute approximate surface area is 221 Å². The Bertz CT molecular complexity index is 1390. The number of benzene rings is 2.